The number of benzene rings is 1. The number of hydrogen-bond donors (Lipinski definition) is 0. The van der Waals surface area contributed by atoms with Gasteiger partial charge in [0.05, 0.1) is 0 Å². The summed E-state index contributed by atoms with van der Waals surface area (Å²) in [6.45, 7) is 8.31. The highest BCUT2D eigenvalue weighted by atomic mass is 16.6. The maximum absolute atomic E-state index is 12.5. The van der Waals surface area contributed by atoms with E-state index in [2.05, 4.69) is 0 Å². The van der Waals surface area contributed by atoms with E-state index in [1.165, 1.54) is 0 Å². The summed E-state index contributed by atoms with van der Waals surface area (Å²) in [7, 11) is 0. The standard InChI is InChI=1S/C15H21NO3/c1-10(2)16(11(3)4)15(17)14-9-18-12-7-5-6-8-13(12)19-14/h5-8,10-11,14H,9H2,1-4H3/t14-/m1/s1. The van der Waals surface area contributed by atoms with E-state index in [1.807, 2.05) is 56.9 Å². The van der Waals surface area contributed by atoms with Gasteiger partial charge in [-0.2, -0.15) is 0 Å². The van der Waals surface area contributed by atoms with Crippen molar-refractivity contribution in [3.63, 3.8) is 0 Å². The van der Waals surface area contributed by atoms with Gasteiger partial charge in [0.25, 0.3) is 5.91 Å². The third-order valence-electron chi connectivity index (χ3n) is 3.15. The summed E-state index contributed by atoms with van der Waals surface area (Å²) in [5, 5.41) is 0. The lowest BCUT2D eigenvalue weighted by atomic mass is 10.2. The molecular formula is C15H21NO3. The van der Waals surface area contributed by atoms with Crippen molar-refractivity contribution < 1.29 is 14.3 Å². The summed E-state index contributed by atoms with van der Waals surface area (Å²) >= 11 is 0. The van der Waals surface area contributed by atoms with Gasteiger partial charge in [-0.1, -0.05) is 12.1 Å². The number of nitrogens with zero attached hydrogens (tertiary/aromatic N) is 1. The lowest BCUT2D eigenvalue weighted by Crippen LogP contribution is -2.51. The van der Waals surface area contributed by atoms with Crippen molar-refractivity contribution in [1.82, 2.24) is 4.90 Å². The monoisotopic (exact) mass is 263 g/mol. The summed E-state index contributed by atoms with van der Waals surface area (Å²) in [6, 6.07) is 7.72. The quantitative estimate of drug-likeness (QED) is 0.841. The van der Waals surface area contributed by atoms with Gasteiger partial charge in [0, 0.05) is 12.1 Å². The number of para-hydroxylation sites is 2. The first kappa shape index (κ1) is 13.7. The van der Waals surface area contributed by atoms with Crippen LogP contribution in [0.1, 0.15) is 27.7 Å². The van der Waals surface area contributed by atoms with Crippen molar-refractivity contribution >= 4 is 5.91 Å². The minimum atomic E-state index is -0.556. The molecule has 19 heavy (non-hydrogen) atoms. The summed E-state index contributed by atoms with van der Waals surface area (Å²) < 4.78 is 11.4. The van der Waals surface area contributed by atoms with Crippen LogP contribution < -0.4 is 9.47 Å². The lowest BCUT2D eigenvalue weighted by molar-refractivity contribution is -0.144. The van der Waals surface area contributed by atoms with E-state index >= 15 is 0 Å². The Morgan fingerprint density at radius 3 is 2.32 bits per heavy atom. The highest BCUT2D eigenvalue weighted by Gasteiger charge is 2.33. The third-order valence-corrected chi connectivity index (χ3v) is 3.15. The number of carbonyl (C=O) groups excluding carboxylic acids is 1. The molecule has 0 fully saturated rings. The van der Waals surface area contributed by atoms with Crippen LogP contribution in [0, 0.1) is 0 Å². The van der Waals surface area contributed by atoms with E-state index in [0.717, 1.165) is 0 Å². The molecular weight excluding hydrogens is 242 g/mol. The second-order valence-corrected chi connectivity index (χ2v) is 5.30. The molecule has 0 unspecified atom stereocenters. The maximum Gasteiger partial charge on any atom is 0.267 e. The van der Waals surface area contributed by atoms with Crippen LogP contribution in [-0.4, -0.2) is 35.6 Å². The second kappa shape index (κ2) is 5.51. The van der Waals surface area contributed by atoms with Gasteiger partial charge in [0.15, 0.2) is 11.5 Å². The summed E-state index contributed by atoms with van der Waals surface area (Å²) in [6.07, 6.45) is -0.556. The molecule has 1 aromatic carbocycles. The molecule has 1 aromatic rings. The molecule has 0 bridgehead atoms. The summed E-state index contributed by atoms with van der Waals surface area (Å²) in [4.78, 5) is 14.3. The largest absolute Gasteiger partial charge is 0.485 e. The zero-order valence-corrected chi connectivity index (χ0v) is 11.9. The normalized spacial score (nSPS) is 17.7. The molecule has 0 saturated carbocycles. The Labute approximate surface area is 114 Å². The first-order valence-electron chi connectivity index (χ1n) is 6.71. The Balaban J connectivity index is 2.14. The van der Waals surface area contributed by atoms with E-state index in [1.54, 1.807) is 0 Å². The van der Waals surface area contributed by atoms with Crippen LogP contribution in [0.25, 0.3) is 0 Å². The summed E-state index contributed by atoms with van der Waals surface area (Å²) in [5.74, 6) is 1.33. The van der Waals surface area contributed by atoms with E-state index in [9.17, 15) is 4.79 Å². The molecule has 1 atom stereocenters. The smallest absolute Gasteiger partial charge is 0.267 e. The fourth-order valence-corrected chi connectivity index (χ4v) is 2.41. The van der Waals surface area contributed by atoms with Crippen molar-refractivity contribution in [2.24, 2.45) is 0 Å². The number of ether oxygens (including phenoxy) is 2. The van der Waals surface area contributed by atoms with Crippen LogP contribution in [0.2, 0.25) is 0 Å². The van der Waals surface area contributed by atoms with Crippen LogP contribution in [0.3, 0.4) is 0 Å². The van der Waals surface area contributed by atoms with Crippen molar-refractivity contribution in [2.75, 3.05) is 6.61 Å². The molecule has 1 aliphatic rings. The molecule has 104 valence electrons. The predicted molar refractivity (Wildman–Crippen MR) is 73.5 cm³/mol. The third kappa shape index (κ3) is 2.83. The van der Waals surface area contributed by atoms with Crippen LogP contribution in [0.4, 0.5) is 0 Å². The molecule has 4 nitrogen and oxygen atoms in total. The fraction of sp³-hybridized carbons (Fsp3) is 0.533. The van der Waals surface area contributed by atoms with Gasteiger partial charge in [-0.15, -0.1) is 0 Å². The predicted octanol–water partition coefficient (Wildman–Crippen LogP) is 2.47. The molecule has 4 heteroatoms. The van der Waals surface area contributed by atoms with E-state index in [0.29, 0.717) is 11.5 Å². The number of amides is 1. The lowest BCUT2D eigenvalue weighted by Gasteiger charge is -2.35. The Morgan fingerprint density at radius 1 is 1.16 bits per heavy atom. The number of rotatable bonds is 3. The van der Waals surface area contributed by atoms with Gasteiger partial charge in [-0.05, 0) is 39.8 Å². The zero-order chi connectivity index (χ0) is 14.0. The van der Waals surface area contributed by atoms with E-state index < -0.39 is 6.10 Å². The first-order chi connectivity index (χ1) is 9.00. The first-order valence-corrected chi connectivity index (χ1v) is 6.71. The maximum atomic E-state index is 12.5. The molecule has 2 rings (SSSR count). The topological polar surface area (TPSA) is 38.8 Å². The van der Waals surface area contributed by atoms with Gasteiger partial charge in [0.1, 0.15) is 6.61 Å². The molecule has 0 spiro atoms. The van der Waals surface area contributed by atoms with Gasteiger partial charge < -0.3 is 14.4 Å². The highest BCUT2D eigenvalue weighted by molar-refractivity contribution is 5.82. The van der Waals surface area contributed by atoms with Crippen molar-refractivity contribution in [3.8, 4) is 11.5 Å². The Morgan fingerprint density at radius 2 is 1.74 bits per heavy atom. The average molecular weight is 263 g/mol. The molecule has 0 N–H and O–H groups in total. The average Bonchev–Trinajstić information content (AvgIpc) is 2.37. The van der Waals surface area contributed by atoms with Crippen LogP contribution in [0.5, 0.6) is 11.5 Å². The molecule has 1 heterocycles. The van der Waals surface area contributed by atoms with Crippen LogP contribution in [0.15, 0.2) is 24.3 Å². The molecule has 0 aromatic heterocycles. The van der Waals surface area contributed by atoms with Crippen molar-refractivity contribution in [2.45, 2.75) is 45.9 Å². The fourth-order valence-electron chi connectivity index (χ4n) is 2.41. The number of fused-ring (bicyclic) bond motifs is 1. The minimum absolute atomic E-state index is 0.0143. The van der Waals surface area contributed by atoms with Gasteiger partial charge in [-0.25, -0.2) is 0 Å². The minimum Gasteiger partial charge on any atom is -0.485 e. The molecule has 1 aliphatic heterocycles. The Bertz CT molecular complexity index is 448. The molecule has 0 aliphatic carbocycles. The van der Waals surface area contributed by atoms with Gasteiger partial charge >= 0.3 is 0 Å². The number of hydrogen-bond acceptors (Lipinski definition) is 3. The number of carbonyl (C=O) groups is 1. The van der Waals surface area contributed by atoms with Crippen LogP contribution in [-0.2, 0) is 4.79 Å². The van der Waals surface area contributed by atoms with Gasteiger partial charge in [0.2, 0.25) is 6.10 Å². The second-order valence-electron chi connectivity index (χ2n) is 5.30. The van der Waals surface area contributed by atoms with Crippen LogP contribution >= 0.6 is 0 Å². The van der Waals surface area contributed by atoms with E-state index in [-0.39, 0.29) is 24.6 Å². The van der Waals surface area contributed by atoms with Crippen molar-refractivity contribution in [3.05, 3.63) is 24.3 Å². The molecule has 1 amide bonds. The Hall–Kier alpha value is -1.71. The summed E-state index contributed by atoms with van der Waals surface area (Å²) in [5.41, 5.74) is 0. The van der Waals surface area contributed by atoms with Gasteiger partial charge in [-0.3, -0.25) is 4.79 Å². The zero-order valence-electron chi connectivity index (χ0n) is 11.9. The van der Waals surface area contributed by atoms with Crippen molar-refractivity contribution in [1.29, 1.82) is 0 Å². The van der Waals surface area contributed by atoms with E-state index in [4.69, 9.17) is 9.47 Å². The molecule has 0 radical (unpaired) electrons. The Kier molecular flexibility index (Phi) is 3.98. The molecule has 0 saturated heterocycles. The highest BCUT2D eigenvalue weighted by Crippen LogP contribution is 2.31. The SMILES string of the molecule is CC(C)N(C(=O)[C@H]1COc2ccccc2O1)C(C)C.